The first-order chi connectivity index (χ1) is 6.12. The molecule has 0 aromatic carbocycles. The SMILES string of the molecule is CC#CCCC(C)(C)CCNCC. The van der Waals surface area contributed by atoms with Crippen LogP contribution in [0.25, 0.3) is 0 Å². The number of nitrogens with one attached hydrogen (secondary N) is 1. The van der Waals surface area contributed by atoms with Crippen molar-refractivity contribution in [3.05, 3.63) is 0 Å². The highest BCUT2D eigenvalue weighted by molar-refractivity contribution is 4.95. The van der Waals surface area contributed by atoms with Gasteiger partial charge in [-0.1, -0.05) is 20.8 Å². The lowest BCUT2D eigenvalue weighted by Gasteiger charge is -2.23. The van der Waals surface area contributed by atoms with Crippen LogP contribution in [0.1, 0.15) is 47.0 Å². The lowest BCUT2D eigenvalue weighted by molar-refractivity contribution is 0.307. The van der Waals surface area contributed by atoms with E-state index in [0.29, 0.717) is 5.41 Å². The predicted molar refractivity (Wildman–Crippen MR) is 59.6 cm³/mol. The third-order valence-corrected chi connectivity index (χ3v) is 2.33. The molecule has 76 valence electrons. The van der Waals surface area contributed by atoms with Crippen molar-refractivity contribution in [2.75, 3.05) is 13.1 Å². The third-order valence-electron chi connectivity index (χ3n) is 2.33. The molecule has 0 aromatic rings. The molecule has 0 aliphatic rings. The molecular weight excluding hydrogens is 158 g/mol. The van der Waals surface area contributed by atoms with E-state index in [4.69, 9.17) is 0 Å². The molecule has 1 N–H and O–H groups in total. The van der Waals surface area contributed by atoms with Gasteiger partial charge in [0, 0.05) is 6.42 Å². The van der Waals surface area contributed by atoms with Gasteiger partial charge < -0.3 is 5.32 Å². The minimum Gasteiger partial charge on any atom is -0.317 e. The fourth-order valence-corrected chi connectivity index (χ4v) is 1.25. The van der Waals surface area contributed by atoms with Crippen LogP contribution >= 0.6 is 0 Å². The molecule has 1 nitrogen and oxygen atoms in total. The summed E-state index contributed by atoms with van der Waals surface area (Å²) in [4.78, 5) is 0. The molecule has 0 aromatic heterocycles. The smallest absolute Gasteiger partial charge is 0.00936 e. The van der Waals surface area contributed by atoms with Crippen LogP contribution in [0.15, 0.2) is 0 Å². The second kappa shape index (κ2) is 6.97. The molecule has 0 unspecified atom stereocenters. The van der Waals surface area contributed by atoms with Crippen LogP contribution < -0.4 is 5.32 Å². The van der Waals surface area contributed by atoms with Gasteiger partial charge in [0.15, 0.2) is 0 Å². The molecule has 0 radical (unpaired) electrons. The molecule has 0 saturated carbocycles. The van der Waals surface area contributed by atoms with Crippen molar-refractivity contribution < 1.29 is 0 Å². The summed E-state index contributed by atoms with van der Waals surface area (Å²) in [6.07, 6.45) is 3.49. The summed E-state index contributed by atoms with van der Waals surface area (Å²) in [5, 5.41) is 3.36. The zero-order valence-electron chi connectivity index (χ0n) is 9.54. The van der Waals surface area contributed by atoms with Crippen molar-refractivity contribution in [3.8, 4) is 11.8 Å². The van der Waals surface area contributed by atoms with Gasteiger partial charge in [0.05, 0.1) is 0 Å². The topological polar surface area (TPSA) is 12.0 Å². The van der Waals surface area contributed by atoms with Crippen LogP contribution in [0.4, 0.5) is 0 Å². The number of rotatable bonds is 6. The maximum Gasteiger partial charge on any atom is 0.00936 e. The van der Waals surface area contributed by atoms with Crippen LogP contribution in [-0.4, -0.2) is 13.1 Å². The van der Waals surface area contributed by atoms with E-state index in [2.05, 4.69) is 37.9 Å². The quantitative estimate of drug-likeness (QED) is 0.491. The molecule has 1 heteroatoms. The number of hydrogen-bond donors (Lipinski definition) is 1. The average Bonchev–Trinajstić information content (AvgIpc) is 2.05. The summed E-state index contributed by atoms with van der Waals surface area (Å²) in [6, 6.07) is 0. The Hall–Kier alpha value is -0.480. The molecule has 0 fully saturated rings. The lowest BCUT2D eigenvalue weighted by Crippen LogP contribution is -2.22. The Kier molecular flexibility index (Phi) is 6.72. The molecule has 0 aliphatic carbocycles. The van der Waals surface area contributed by atoms with Crippen LogP contribution in [0.3, 0.4) is 0 Å². The van der Waals surface area contributed by atoms with E-state index in [1.807, 2.05) is 6.92 Å². The first-order valence-electron chi connectivity index (χ1n) is 5.22. The van der Waals surface area contributed by atoms with E-state index in [1.54, 1.807) is 0 Å². The molecule has 0 amide bonds. The standard InChI is InChI=1S/C12H23N/c1-5-7-8-9-12(3,4)10-11-13-6-2/h13H,6,8-11H2,1-4H3. The van der Waals surface area contributed by atoms with Crippen LogP contribution in [0.2, 0.25) is 0 Å². The van der Waals surface area contributed by atoms with Crippen molar-refractivity contribution in [3.63, 3.8) is 0 Å². The fourth-order valence-electron chi connectivity index (χ4n) is 1.25. The molecule has 0 bridgehead atoms. The van der Waals surface area contributed by atoms with E-state index >= 15 is 0 Å². The maximum atomic E-state index is 3.36. The second-order valence-corrected chi connectivity index (χ2v) is 4.19. The fraction of sp³-hybridized carbons (Fsp3) is 0.833. The molecule has 0 spiro atoms. The third kappa shape index (κ3) is 7.87. The molecule has 0 aliphatic heterocycles. The van der Waals surface area contributed by atoms with Gasteiger partial charge in [-0.25, -0.2) is 0 Å². The van der Waals surface area contributed by atoms with Gasteiger partial charge in [-0.05, 0) is 38.3 Å². The van der Waals surface area contributed by atoms with E-state index in [-0.39, 0.29) is 0 Å². The first-order valence-corrected chi connectivity index (χ1v) is 5.22. The van der Waals surface area contributed by atoms with E-state index in [1.165, 1.54) is 12.8 Å². The van der Waals surface area contributed by atoms with E-state index in [9.17, 15) is 0 Å². The Balaban J connectivity index is 3.57. The van der Waals surface area contributed by atoms with Crippen molar-refractivity contribution >= 4 is 0 Å². The molecule has 0 atom stereocenters. The largest absolute Gasteiger partial charge is 0.317 e. The van der Waals surface area contributed by atoms with Crippen molar-refractivity contribution in [2.45, 2.75) is 47.0 Å². The lowest BCUT2D eigenvalue weighted by atomic mass is 9.84. The monoisotopic (exact) mass is 181 g/mol. The summed E-state index contributed by atoms with van der Waals surface area (Å²) in [5.41, 5.74) is 0.437. The highest BCUT2D eigenvalue weighted by Gasteiger charge is 2.15. The van der Waals surface area contributed by atoms with Crippen molar-refractivity contribution in [1.29, 1.82) is 0 Å². The predicted octanol–water partition coefficient (Wildman–Crippen LogP) is 2.82. The minimum atomic E-state index is 0.437. The Morgan fingerprint density at radius 2 is 1.92 bits per heavy atom. The molecular formula is C12H23N. The molecule has 0 rings (SSSR count). The first kappa shape index (κ1) is 12.5. The van der Waals surface area contributed by atoms with Crippen LogP contribution in [0, 0.1) is 17.3 Å². The van der Waals surface area contributed by atoms with Crippen LogP contribution in [0.5, 0.6) is 0 Å². The second-order valence-electron chi connectivity index (χ2n) is 4.19. The van der Waals surface area contributed by atoms with Gasteiger partial charge in [-0.15, -0.1) is 11.8 Å². The van der Waals surface area contributed by atoms with Gasteiger partial charge in [0.1, 0.15) is 0 Å². The molecule has 13 heavy (non-hydrogen) atoms. The Morgan fingerprint density at radius 3 is 2.46 bits per heavy atom. The number of hydrogen-bond acceptors (Lipinski definition) is 1. The summed E-state index contributed by atoms with van der Waals surface area (Å²) in [6.45, 7) is 10.9. The zero-order chi connectivity index (χ0) is 10.2. The minimum absolute atomic E-state index is 0.437. The molecule has 0 saturated heterocycles. The van der Waals surface area contributed by atoms with Gasteiger partial charge >= 0.3 is 0 Å². The van der Waals surface area contributed by atoms with Crippen molar-refractivity contribution in [1.82, 2.24) is 5.32 Å². The summed E-state index contributed by atoms with van der Waals surface area (Å²) in [7, 11) is 0. The Morgan fingerprint density at radius 1 is 1.23 bits per heavy atom. The van der Waals surface area contributed by atoms with Crippen LogP contribution in [-0.2, 0) is 0 Å². The Bertz CT molecular complexity index is 171. The van der Waals surface area contributed by atoms with Crippen molar-refractivity contribution in [2.24, 2.45) is 5.41 Å². The average molecular weight is 181 g/mol. The normalized spacial score (nSPS) is 10.8. The van der Waals surface area contributed by atoms with Gasteiger partial charge in [0.2, 0.25) is 0 Å². The van der Waals surface area contributed by atoms with Gasteiger partial charge in [-0.3, -0.25) is 0 Å². The Labute approximate surface area is 83.3 Å². The summed E-state index contributed by atoms with van der Waals surface area (Å²) >= 11 is 0. The van der Waals surface area contributed by atoms with E-state index < -0.39 is 0 Å². The highest BCUT2D eigenvalue weighted by Crippen LogP contribution is 2.25. The highest BCUT2D eigenvalue weighted by atomic mass is 14.8. The molecule has 0 heterocycles. The zero-order valence-corrected chi connectivity index (χ0v) is 9.54. The van der Waals surface area contributed by atoms with Gasteiger partial charge in [-0.2, -0.15) is 0 Å². The summed E-state index contributed by atoms with van der Waals surface area (Å²) in [5.74, 6) is 6.07. The maximum absolute atomic E-state index is 3.36. The summed E-state index contributed by atoms with van der Waals surface area (Å²) < 4.78 is 0. The van der Waals surface area contributed by atoms with E-state index in [0.717, 1.165) is 19.5 Å². The van der Waals surface area contributed by atoms with Gasteiger partial charge in [0.25, 0.3) is 0 Å².